The zero-order valence-corrected chi connectivity index (χ0v) is 6.93. The molecule has 3 heteroatoms. The quantitative estimate of drug-likeness (QED) is 0.429. The average molecular weight is 158 g/mol. The fourth-order valence-corrected chi connectivity index (χ4v) is 2.83. The molecule has 0 aromatic heterocycles. The Kier molecular flexibility index (Phi) is 2.18. The minimum absolute atomic E-state index is 0.189. The van der Waals surface area contributed by atoms with Crippen LogP contribution < -0.4 is 0 Å². The van der Waals surface area contributed by atoms with Crippen molar-refractivity contribution in [2.75, 3.05) is 12.3 Å². The third-order valence-corrected chi connectivity index (χ3v) is 4.26. The van der Waals surface area contributed by atoms with E-state index in [0.29, 0.717) is 12.3 Å². The van der Waals surface area contributed by atoms with Gasteiger partial charge >= 0.3 is 0 Å². The lowest BCUT2D eigenvalue weighted by Gasteiger charge is -2.06. The van der Waals surface area contributed by atoms with Gasteiger partial charge in [-0.25, -0.2) is 0 Å². The Hall–Kier alpha value is -0.250. The van der Waals surface area contributed by atoms with Crippen LogP contribution in [0.3, 0.4) is 0 Å². The van der Waals surface area contributed by atoms with Gasteiger partial charge in [-0.3, -0.25) is 4.57 Å². The SMILES string of the molecule is C#CC1CCP(=O)(CC)O1. The maximum Gasteiger partial charge on any atom is 0.204 e. The van der Waals surface area contributed by atoms with Crippen molar-refractivity contribution < 1.29 is 9.09 Å². The lowest BCUT2D eigenvalue weighted by molar-refractivity contribution is 0.291. The first-order valence-electron chi connectivity index (χ1n) is 3.43. The van der Waals surface area contributed by atoms with E-state index in [1.54, 1.807) is 0 Å². The molecule has 1 fully saturated rings. The summed E-state index contributed by atoms with van der Waals surface area (Å²) in [6, 6.07) is 0. The van der Waals surface area contributed by atoms with Gasteiger partial charge in [0.1, 0.15) is 6.10 Å². The molecular weight excluding hydrogens is 147 g/mol. The molecule has 56 valence electrons. The molecule has 1 heterocycles. The van der Waals surface area contributed by atoms with Gasteiger partial charge in [0.2, 0.25) is 7.37 Å². The largest absolute Gasteiger partial charge is 0.312 e. The van der Waals surface area contributed by atoms with E-state index in [4.69, 9.17) is 10.9 Å². The summed E-state index contributed by atoms with van der Waals surface area (Å²) >= 11 is 0. The molecule has 0 bridgehead atoms. The third kappa shape index (κ3) is 1.42. The van der Waals surface area contributed by atoms with Gasteiger partial charge in [0.25, 0.3) is 0 Å². The van der Waals surface area contributed by atoms with Crippen LogP contribution in [0, 0.1) is 12.3 Å². The first-order valence-corrected chi connectivity index (χ1v) is 5.42. The second-order valence-electron chi connectivity index (χ2n) is 2.40. The lowest BCUT2D eigenvalue weighted by Crippen LogP contribution is -1.98. The van der Waals surface area contributed by atoms with Crippen molar-refractivity contribution in [3.8, 4) is 12.3 Å². The molecule has 0 N–H and O–H groups in total. The molecule has 0 spiro atoms. The van der Waals surface area contributed by atoms with E-state index in [9.17, 15) is 4.57 Å². The van der Waals surface area contributed by atoms with Crippen LogP contribution in [0.15, 0.2) is 0 Å². The molecule has 1 saturated heterocycles. The minimum atomic E-state index is -2.27. The first kappa shape index (κ1) is 7.85. The first-order chi connectivity index (χ1) is 4.70. The Balaban J connectivity index is 2.60. The van der Waals surface area contributed by atoms with E-state index in [1.165, 1.54) is 0 Å². The molecule has 2 nitrogen and oxygen atoms in total. The van der Waals surface area contributed by atoms with Crippen LogP contribution in [-0.2, 0) is 9.09 Å². The van der Waals surface area contributed by atoms with Crippen LogP contribution in [0.1, 0.15) is 13.3 Å². The second-order valence-corrected chi connectivity index (χ2v) is 5.32. The highest BCUT2D eigenvalue weighted by molar-refractivity contribution is 7.59. The van der Waals surface area contributed by atoms with Crippen LogP contribution in [0.2, 0.25) is 0 Å². The normalized spacial score (nSPS) is 39.4. The van der Waals surface area contributed by atoms with Crippen LogP contribution in [0.25, 0.3) is 0 Å². The van der Waals surface area contributed by atoms with E-state index in [0.717, 1.165) is 6.42 Å². The zero-order chi connectivity index (χ0) is 7.61. The van der Waals surface area contributed by atoms with Crippen molar-refractivity contribution in [3.05, 3.63) is 0 Å². The van der Waals surface area contributed by atoms with Gasteiger partial charge < -0.3 is 4.52 Å². The Bertz CT molecular complexity index is 204. The van der Waals surface area contributed by atoms with Gasteiger partial charge in [0, 0.05) is 12.3 Å². The van der Waals surface area contributed by atoms with Crippen LogP contribution in [0.5, 0.6) is 0 Å². The van der Waals surface area contributed by atoms with Gasteiger partial charge in [0.05, 0.1) is 0 Å². The molecule has 0 amide bonds. The Morgan fingerprint density at radius 1 is 1.90 bits per heavy atom. The number of hydrogen-bond acceptors (Lipinski definition) is 2. The van der Waals surface area contributed by atoms with Crippen LogP contribution in [-0.4, -0.2) is 18.4 Å². The maximum absolute atomic E-state index is 11.4. The van der Waals surface area contributed by atoms with E-state index < -0.39 is 7.37 Å². The Morgan fingerprint density at radius 3 is 2.90 bits per heavy atom. The lowest BCUT2D eigenvalue weighted by atomic mass is 10.3. The number of rotatable bonds is 1. The van der Waals surface area contributed by atoms with Crippen molar-refractivity contribution in [3.63, 3.8) is 0 Å². The fourth-order valence-electron chi connectivity index (χ4n) is 0.998. The number of terminal acetylenes is 1. The molecule has 0 aromatic carbocycles. The molecule has 0 aliphatic carbocycles. The van der Waals surface area contributed by atoms with Gasteiger partial charge in [0.15, 0.2) is 0 Å². The summed E-state index contributed by atoms with van der Waals surface area (Å²) in [5.74, 6) is 2.46. The molecule has 0 aromatic rings. The molecule has 0 saturated carbocycles. The molecule has 10 heavy (non-hydrogen) atoms. The second kappa shape index (κ2) is 2.78. The van der Waals surface area contributed by atoms with E-state index in [2.05, 4.69) is 5.92 Å². The van der Waals surface area contributed by atoms with Gasteiger partial charge in [-0.1, -0.05) is 12.8 Å². The predicted octanol–water partition coefficient (Wildman–Crippen LogP) is 1.71. The highest BCUT2D eigenvalue weighted by Crippen LogP contribution is 2.53. The number of hydrogen-bond donors (Lipinski definition) is 0. The van der Waals surface area contributed by atoms with Crippen LogP contribution in [0.4, 0.5) is 0 Å². The molecule has 1 aliphatic rings. The van der Waals surface area contributed by atoms with E-state index in [1.807, 2.05) is 6.92 Å². The topological polar surface area (TPSA) is 26.3 Å². The monoisotopic (exact) mass is 158 g/mol. The highest BCUT2D eigenvalue weighted by atomic mass is 31.2. The summed E-state index contributed by atoms with van der Waals surface area (Å²) in [7, 11) is -2.27. The summed E-state index contributed by atoms with van der Waals surface area (Å²) < 4.78 is 16.6. The Labute approximate surface area is 61.4 Å². The summed E-state index contributed by atoms with van der Waals surface area (Å²) in [5, 5.41) is 0. The smallest absolute Gasteiger partial charge is 0.204 e. The molecule has 2 atom stereocenters. The van der Waals surface area contributed by atoms with Crippen molar-refractivity contribution in [2.45, 2.75) is 19.4 Å². The van der Waals surface area contributed by atoms with Crippen molar-refractivity contribution >= 4 is 7.37 Å². The van der Waals surface area contributed by atoms with Gasteiger partial charge in [-0.15, -0.1) is 6.42 Å². The highest BCUT2D eigenvalue weighted by Gasteiger charge is 2.32. The summed E-state index contributed by atoms with van der Waals surface area (Å²) in [6.45, 7) is 1.87. The fraction of sp³-hybridized carbons (Fsp3) is 0.714. The predicted molar refractivity (Wildman–Crippen MR) is 41.3 cm³/mol. The van der Waals surface area contributed by atoms with Gasteiger partial charge in [-0.05, 0) is 6.42 Å². The standard InChI is InChI=1S/C7H11O2P/c1-3-7-5-6-10(8,4-2)9-7/h1,7H,4-6H2,2H3. The summed E-state index contributed by atoms with van der Waals surface area (Å²) in [4.78, 5) is 0. The minimum Gasteiger partial charge on any atom is -0.312 e. The summed E-state index contributed by atoms with van der Waals surface area (Å²) in [5.41, 5.74) is 0. The summed E-state index contributed by atoms with van der Waals surface area (Å²) in [6.07, 6.45) is 6.97. The molecule has 1 aliphatic heterocycles. The average Bonchev–Trinajstić information content (AvgIpc) is 2.33. The van der Waals surface area contributed by atoms with Crippen molar-refractivity contribution in [1.29, 1.82) is 0 Å². The van der Waals surface area contributed by atoms with Crippen molar-refractivity contribution in [2.24, 2.45) is 0 Å². The Morgan fingerprint density at radius 2 is 2.60 bits per heavy atom. The molecule has 0 radical (unpaired) electrons. The zero-order valence-electron chi connectivity index (χ0n) is 6.04. The van der Waals surface area contributed by atoms with E-state index in [-0.39, 0.29) is 6.10 Å². The van der Waals surface area contributed by atoms with Crippen molar-refractivity contribution in [1.82, 2.24) is 0 Å². The molecular formula is C7H11O2P. The molecule has 1 rings (SSSR count). The van der Waals surface area contributed by atoms with Crippen LogP contribution >= 0.6 is 7.37 Å². The maximum atomic E-state index is 11.4. The van der Waals surface area contributed by atoms with Gasteiger partial charge in [-0.2, -0.15) is 0 Å². The molecule has 2 unspecified atom stereocenters. The van der Waals surface area contributed by atoms with E-state index >= 15 is 0 Å². The third-order valence-electron chi connectivity index (χ3n) is 1.72.